The molecule has 5 heteroatoms. The Bertz CT molecular complexity index is 932. The number of rotatable bonds is 5. The van der Waals surface area contributed by atoms with E-state index in [1.165, 1.54) is 11.1 Å². The van der Waals surface area contributed by atoms with Gasteiger partial charge in [0.05, 0.1) is 0 Å². The van der Waals surface area contributed by atoms with Crippen molar-refractivity contribution in [1.29, 1.82) is 0 Å². The topological polar surface area (TPSA) is 70.1 Å². The Hall–Kier alpha value is -3.08. The van der Waals surface area contributed by atoms with Gasteiger partial charge < -0.3 is 15.0 Å². The van der Waals surface area contributed by atoms with Gasteiger partial charge in [0.25, 0.3) is 5.91 Å². The molecule has 4 rings (SSSR count). The van der Waals surface area contributed by atoms with Gasteiger partial charge in [-0.15, -0.1) is 0 Å². The first-order valence-electron chi connectivity index (χ1n) is 8.82. The van der Waals surface area contributed by atoms with Crippen LogP contribution in [0, 0.1) is 0 Å². The summed E-state index contributed by atoms with van der Waals surface area (Å²) in [5.74, 6) is 1.04. The first-order chi connectivity index (χ1) is 12.7. The molecule has 0 fully saturated rings. The van der Waals surface area contributed by atoms with Crippen LogP contribution >= 0.6 is 0 Å². The van der Waals surface area contributed by atoms with Crippen LogP contribution < -0.4 is 10.5 Å². The number of ether oxygens (including phenoxy) is 1. The molecule has 0 aliphatic heterocycles. The van der Waals surface area contributed by atoms with Crippen LogP contribution in [0.4, 0.5) is 0 Å². The van der Waals surface area contributed by atoms with Gasteiger partial charge in [0, 0.05) is 24.0 Å². The second-order valence-electron chi connectivity index (χ2n) is 6.61. The molecular weight excluding hydrogens is 326 g/mol. The van der Waals surface area contributed by atoms with Gasteiger partial charge in [-0.1, -0.05) is 36.4 Å². The summed E-state index contributed by atoms with van der Waals surface area (Å²) < 4.78 is 7.68. The summed E-state index contributed by atoms with van der Waals surface area (Å²) in [6, 6.07) is 16.7. The number of aryl methyl sites for hydroxylation is 1. The Morgan fingerprint density at radius 1 is 1.19 bits per heavy atom. The summed E-state index contributed by atoms with van der Waals surface area (Å²) in [6.45, 7) is -0.128. The van der Waals surface area contributed by atoms with Gasteiger partial charge in [-0.25, -0.2) is 4.98 Å². The highest BCUT2D eigenvalue weighted by Gasteiger charge is 2.22. The standard InChI is InChI=1S/C21H21N3O2/c22-20(25)14-26-19-7-3-6-17(13-19)21-23-10-11-24(21)18-9-8-15-4-1-2-5-16(15)12-18/h1-7,10-11,13,18H,8-9,12,14H2,(H2,22,25)/t18-/m1/s1. The number of imidazole rings is 1. The van der Waals surface area contributed by atoms with Gasteiger partial charge in [-0.2, -0.15) is 0 Å². The highest BCUT2D eigenvalue weighted by molar-refractivity contribution is 5.75. The molecule has 132 valence electrons. The number of nitrogens with two attached hydrogens (primary N) is 1. The average Bonchev–Trinajstić information content (AvgIpc) is 3.16. The van der Waals surface area contributed by atoms with Crippen LogP contribution in [0.25, 0.3) is 11.4 Å². The fourth-order valence-corrected chi connectivity index (χ4v) is 3.63. The van der Waals surface area contributed by atoms with Gasteiger partial charge in [0.1, 0.15) is 11.6 Å². The Morgan fingerprint density at radius 2 is 2.04 bits per heavy atom. The molecular formula is C21H21N3O2. The smallest absolute Gasteiger partial charge is 0.255 e. The maximum absolute atomic E-state index is 10.9. The summed E-state index contributed by atoms with van der Waals surface area (Å²) >= 11 is 0. The van der Waals surface area contributed by atoms with Crippen LogP contribution in [-0.4, -0.2) is 22.1 Å². The van der Waals surface area contributed by atoms with Gasteiger partial charge in [-0.05, 0) is 42.5 Å². The third-order valence-electron chi connectivity index (χ3n) is 4.86. The molecule has 3 aromatic rings. The molecule has 1 heterocycles. The van der Waals surface area contributed by atoms with Gasteiger partial charge in [-0.3, -0.25) is 4.79 Å². The monoisotopic (exact) mass is 347 g/mol. The fourth-order valence-electron chi connectivity index (χ4n) is 3.63. The summed E-state index contributed by atoms with van der Waals surface area (Å²) in [5, 5.41) is 0. The molecule has 0 radical (unpaired) electrons. The Balaban J connectivity index is 1.60. The van der Waals surface area contributed by atoms with E-state index in [0.29, 0.717) is 11.8 Å². The number of nitrogens with zero attached hydrogens (tertiary/aromatic N) is 2. The van der Waals surface area contributed by atoms with Crippen LogP contribution in [0.2, 0.25) is 0 Å². The lowest BCUT2D eigenvalue weighted by Gasteiger charge is -2.27. The van der Waals surface area contributed by atoms with Gasteiger partial charge in [0.2, 0.25) is 0 Å². The summed E-state index contributed by atoms with van der Waals surface area (Å²) in [6.07, 6.45) is 7.08. The number of benzene rings is 2. The second-order valence-corrected chi connectivity index (χ2v) is 6.61. The molecule has 1 aromatic heterocycles. The average molecular weight is 347 g/mol. The first-order valence-corrected chi connectivity index (χ1v) is 8.82. The minimum Gasteiger partial charge on any atom is -0.484 e. The number of carbonyl (C=O) groups is 1. The van der Waals surface area contributed by atoms with Crippen molar-refractivity contribution in [2.24, 2.45) is 5.73 Å². The molecule has 2 aromatic carbocycles. The normalized spacial score (nSPS) is 16.1. The minimum absolute atomic E-state index is 0.128. The third-order valence-corrected chi connectivity index (χ3v) is 4.86. The first kappa shape index (κ1) is 16.4. The zero-order valence-corrected chi connectivity index (χ0v) is 14.5. The summed E-state index contributed by atoms with van der Waals surface area (Å²) in [4.78, 5) is 15.5. The zero-order chi connectivity index (χ0) is 17.9. The van der Waals surface area contributed by atoms with Crippen LogP contribution in [0.1, 0.15) is 23.6 Å². The Labute approximate surface area is 152 Å². The van der Waals surface area contributed by atoms with Crippen molar-refractivity contribution in [1.82, 2.24) is 9.55 Å². The molecule has 0 unspecified atom stereocenters. The molecule has 0 saturated carbocycles. The molecule has 5 nitrogen and oxygen atoms in total. The molecule has 1 atom stereocenters. The lowest BCUT2D eigenvalue weighted by atomic mass is 9.88. The predicted octanol–water partition coefficient (Wildman–Crippen LogP) is 3.14. The molecule has 26 heavy (non-hydrogen) atoms. The van der Waals surface area contributed by atoms with Gasteiger partial charge in [0.15, 0.2) is 6.61 Å². The van der Waals surface area contributed by atoms with Crippen LogP contribution in [0.15, 0.2) is 60.9 Å². The maximum atomic E-state index is 10.9. The van der Waals surface area contributed by atoms with Gasteiger partial charge >= 0.3 is 0 Å². The van der Waals surface area contributed by atoms with Crippen molar-refractivity contribution in [3.05, 3.63) is 72.1 Å². The van der Waals surface area contributed by atoms with Crippen molar-refractivity contribution >= 4 is 5.91 Å². The van der Waals surface area contributed by atoms with E-state index in [0.717, 1.165) is 30.7 Å². The number of hydrogen-bond acceptors (Lipinski definition) is 3. The van der Waals surface area contributed by atoms with Crippen molar-refractivity contribution in [3.8, 4) is 17.1 Å². The van der Waals surface area contributed by atoms with Crippen molar-refractivity contribution in [2.45, 2.75) is 25.3 Å². The van der Waals surface area contributed by atoms with Crippen LogP contribution in [0.3, 0.4) is 0 Å². The SMILES string of the molecule is NC(=O)COc1cccc(-c2nccn2[C@@H]2CCc3ccccc3C2)c1. The highest BCUT2D eigenvalue weighted by atomic mass is 16.5. The number of aromatic nitrogens is 2. The second kappa shape index (κ2) is 7.04. The zero-order valence-electron chi connectivity index (χ0n) is 14.5. The predicted molar refractivity (Wildman–Crippen MR) is 99.9 cm³/mol. The number of fused-ring (bicyclic) bond motifs is 1. The number of hydrogen-bond donors (Lipinski definition) is 1. The summed E-state index contributed by atoms with van der Waals surface area (Å²) in [7, 11) is 0. The molecule has 0 spiro atoms. The molecule has 2 N–H and O–H groups in total. The molecule has 1 aliphatic carbocycles. The largest absolute Gasteiger partial charge is 0.484 e. The Kier molecular flexibility index (Phi) is 4.44. The molecule has 1 aliphatic rings. The quantitative estimate of drug-likeness (QED) is 0.771. The number of primary amides is 1. The maximum Gasteiger partial charge on any atom is 0.255 e. The lowest BCUT2D eigenvalue weighted by Crippen LogP contribution is -2.20. The molecule has 0 bridgehead atoms. The van der Waals surface area contributed by atoms with E-state index in [-0.39, 0.29) is 6.61 Å². The number of amides is 1. The Morgan fingerprint density at radius 3 is 2.88 bits per heavy atom. The van der Waals surface area contributed by atoms with E-state index in [1.807, 2.05) is 36.7 Å². The minimum atomic E-state index is -0.488. The van der Waals surface area contributed by atoms with Crippen molar-refractivity contribution in [2.75, 3.05) is 6.61 Å². The lowest BCUT2D eigenvalue weighted by molar-refractivity contribution is -0.119. The highest BCUT2D eigenvalue weighted by Crippen LogP contribution is 2.32. The third kappa shape index (κ3) is 3.33. The van der Waals surface area contributed by atoms with E-state index in [1.54, 1.807) is 0 Å². The molecule has 0 saturated heterocycles. The van der Waals surface area contributed by atoms with E-state index in [9.17, 15) is 4.79 Å². The van der Waals surface area contributed by atoms with Crippen molar-refractivity contribution in [3.63, 3.8) is 0 Å². The molecule has 1 amide bonds. The fraction of sp³-hybridized carbons (Fsp3) is 0.238. The van der Waals surface area contributed by atoms with Crippen LogP contribution in [-0.2, 0) is 17.6 Å². The van der Waals surface area contributed by atoms with Crippen molar-refractivity contribution < 1.29 is 9.53 Å². The van der Waals surface area contributed by atoms with E-state index >= 15 is 0 Å². The van der Waals surface area contributed by atoms with E-state index in [4.69, 9.17) is 10.5 Å². The summed E-state index contributed by atoms with van der Waals surface area (Å²) in [5.41, 5.74) is 8.99. The van der Waals surface area contributed by atoms with E-state index < -0.39 is 5.91 Å². The van der Waals surface area contributed by atoms with E-state index in [2.05, 4.69) is 33.8 Å². The van der Waals surface area contributed by atoms with Crippen LogP contribution in [0.5, 0.6) is 5.75 Å². The number of carbonyl (C=O) groups excluding carboxylic acids is 1.